The average molecular weight is 464 g/mol. The molecule has 3 amide bonds. The van der Waals surface area contributed by atoms with Gasteiger partial charge in [0.15, 0.2) is 0 Å². The van der Waals surface area contributed by atoms with E-state index in [-0.39, 0.29) is 17.1 Å². The Morgan fingerprint density at radius 2 is 1.58 bits per heavy atom. The van der Waals surface area contributed by atoms with E-state index in [9.17, 15) is 14.4 Å². The van der Waals surface area contributed by atoms with Crippen LogP contribution < -0.4 is 21.1 Å². The molecular formula is C25H25N3O4S. The number of methoxy groups -OCH3 is 1. The highest BCUT2D eigenvalue weighted by atomic mass is 32.2. The first-order valence-corrected chi connectivity index (χ1v) is 11.2. The third-order valence-electron chi connectivity index (χ3n) is 4.82. The van der Waals surface area contributed by atoms with Crippen LogP contribution in [0.15, 0.2) is 77.7 Å². The van der Waals surface area contributed by atoms with Gasteiger partial charge in [0, 0.05) is 27.4 Å². The quantitative estimate of drug-likeness (QED) is 0.403. The smallest absolute Gasteiger partial charge is 0.255 e. The van der Waals surface area contributed by atoms with Gasteiger partial charge in [0.2, 0.25) is 11.8 Å². The number of carbonyl (C=O) groups is 3. The lowest BCUT2D eigenvalue weighted by atomic mass is 10.2. The number of benzene rings is 3. The number of amides is 3. The summed E-state index contributed by atoms with van der Waals surface area (Å²) in [6.07, 6.45) is 0.609. The molecule has 0 saturated heterocycles. The lowest BCUT2D eigenvalue weighted by molar-refractivity contribution is -0.115. The molecule has 8 heteroatoms. The molecule has 0 spiro atoms. The van der Waals surface area contributed by atoms with Crippen molar-refractivity contribution in [3.8, 4) is 5.75 Å². The molecule has 33 heavy (non-hydrogen) atoms. The molecule has 7 nitrogen and oxygen atoms in total. The Labute approximate surface area is 196 Å². The van der Waals surface area contributed by atoms with E-state index in [0.29, 0.717) is 34.7 Å². The van der Waals surface area contributed by atoms with Gasteiger partial charge in [0.1, 0.15) is 5.75 Å². The Bertz CT molecular complexity index is 1130. The third kappa shape index (κ3) is 6.60. The molecule has 1 atom stereocenters. The van der Waals surface area contributed by atoms with Crippen LogP contribution in [0.4, 0.5) is 11.4 Å². The summed E-state index contributed by atoms with van der Waals surface area (Å²) in [5, 5.41) is 5.41. The van der Waals surface area contributed by atoms with E-state index < -0.39 is 5.91 Å². The zero-order chi connectivity index (χ0) is 23.8. The summed E-state index contributed by atoms with van der Waals surface area (Å²) in [4.78, 5) is 37.3. The molecule has 1 unspecified atom stereocenters. The van der Waals surface area contributed by atoms with Crippen molar-refractivity contribution >= 4 is 40.9 Å². The van der Waals surface area contributed by atoms with Gasteiger partial charge < -0.3 is 21.1 Å². The zero-order valence-electron chi connectivity index (χ0n) is 18.3. The molecule has 0 radical (unpaired) electrons. The Kier molecular flexibility index (Phi) is 8.10. The van der Waals surface area contributed by atoms with E-state index >= 15 is 0 Å². The average Bonchev–Trinajstić information content (AvgIpc) is 2.83. The van der Waals surface area contributed by atoms with Crippen LogP contribution in [0.2, 0.25) is 0 Å². The number of nitrogens with two attached hydrogens (primary N) is 1. The van der Waals surface area contributed by atoms with Crippen molar-refractivity contribution in [2.45, 2.75) is 23.5 Å². The largest absolute Gasteiger partial charge is 0.497 e. The van der Waals surface area contributed by atoms with Gasteiger partial charge in [-0.2, -0.15) is 0 Å². The molecule has 0 aliphatic carbocycles. The first-order valence-electron chi connectivity index (χ1n) is 10.3. The molecule has 3 rings (SSSR count). The minimum atomic E-state index is -0.520. The van der Waals surface area contributed by atoms with Gasteiger partial charge in [-0.3, -0.25) is 14.4 Å². The van der Waals surface area contributed by atoms with E-state index in [2.05, 4.69) is 10.6 Å². The van der Waals surface area contributed by atoms with Crippen molar-refractivity contribution in [2.24, 2.45) is 5.73 Å². The SMILES string of the molecule is CCC(Sc1cccc(NC(=O)c2ccc(OC)cc2)c1)C(=O)Nc1ccc(C(N)=O)cc1. The zero-order valence-corrected chi connectivity index (χ0v) is 19.1. The first-order chi connectivity index (χ1) is 15.9. The molecular weight excluding hydrogens is 438 g/mol. The second-order valence-electron chi connectivity index (χ2n) is 7.16. The van der Waals surface area contributed by atoms with Gasteiger partial charge in [-0.1, -0.05) is 13.0 Å². The Balaban J connectivity index is 1.63. The van der Waals surface area contributed by atoms with Crippen LogP contribution in [-0.2, 0) is 4.79 Å². The van der Waals surface area contributed by atoms with Crippen molar-refractivity contribution < 1.29 is 19.1 Å². The number of primary amides is 1. The molecule has 0 saturated carbocycles. The highest BCUT2D eigenvalue weighted by Gasteiger charge is 2.18. The lowest BCUT2D eigenvalue weighted by Gasteiger charge is -2.15. The number of nitrogens with one attached hydrogen (secondary N) is 2. The van der Waals surface area contributed by atoms with Crippen molar-refractivity contribution in [2.75, 3.05) is 17.7 Å². The normalized spacial score (nSPS) is 11.3. The van der Waals surface area contributed by atoms with E-state index in [4.69, 9.17) is 10.5 Å². The van der Waals surface area contributed by atoms with E-state index in [1.807, 2.05) is 25.1 Å². The minimum absolute atomic E-state index is 0.151. The Morgan fingerprint density at radius 1 is 0.909 bits per heavy atom. The monoisotopic (exact) mass is 463 g/mol. The summed E-state index contributed by atoms with van der Waals surface area (Å²) in [5.41, 5.74) is 7.37. The molecule has 0 heterocycles. The van der Waals surface area contributed by atoms with Crippen LogP contribution in [0.25, 0.3) is 0 Å². The summed E-state index contributed by atoms with van der Waals surface area (Å²) < 4.78 is 5.12. The molecule has 4 N–H and O–H groups in total. The molecule has 3 aromatic rings. The van der Waals surface area contributed by atoms with Crippen LogP contribution in [0.1, 0.15) is 34.1 Å². The van der Waals surface area contributed by atoms with Gasteiger partial charge in [-0.15, -0.1) is 11.8 Å². The van der Waals surface area contributed by atoms with Crippen LogP contribution >= 0.6 is 11.8 Å². The summed E-state index contributed by atoms with van der Waals surface area (Å²) >= 11 is 1.41. The summed E-state index contributed by atoms with van der Waals surface area (Å²) in [6.45, 7) is 1.93. The Morgan fingerprint density at radius 3 is 2.18 bits per heavy atom. The predicted octanol–water partition coefficient (Wildman–Crippen LogP) is 4.56. The number of hydrogen-bond donors (Lipinski definition) is 3. The van der Waals surface area contributed by atoms with Gasteiger partial charge in [-0.25, -0.2) is 0 Å². The highest BCUT2D eigenvalue weighted by molar-refractivity contribution is 8.00. The van der Waals surface area contributed by atoms with E-state index in [1.165, 1.54) is 11.8 Å². The molecule has 0 aliphatic heterocycles. The number of hydrogen-bond acceptors (Lipinski definition) is 5. The van der Waals surface area contributed by atoms with Gasteiger partial charge in [0.25, 0.3) is 5.91 Å². The molecule has 3 aromatic carbocycles. The fraction of sp³-hybridized carbons (Fsp3) is 0.160. The second kappa shape index (κ2) is 11.2. The molecule has 0 fully saturated rings. The maximum atomic E-state index is 12.8. The number of ether oxygens (including phenoxy) is 1. The maximum absolute atomic E-state index is 12.8. The minimum Gasteiger partial charge on any atom is -0.497 e. The molecule has 0 bridgehead atoms. The number of thioether (sulfide) groups is 1. The molecule has 0 aliphatic rings. The predicted molar refractivity (Wildman–Crippen MR) is 131 cm³/mol. The second-order valence-corrected chi connectivity index (χ2v) is 8.43. The van der Waals surface area contributed by atoms with Crippen molar-refractivity contribution in [3.05, 3.63) is 83.9 Å². The number of carbonyl (C=O) groups excluding carboxylic acids is 3. The molecule has 170 valence electrons. The summed E-state index contributed by atoms with van der Waals surface area (Å²) in [7, 11) is 1.57. The number of anilines is 2. The third-order valence-corrected chi connectivity index (χ3v) is 6.18. The maximum Gasteiger partial charge on any atom is 0.255 e. The van der Waals surface area contributed by atoms with Crippen molar-refractivity contribution in [1.82, 2.24) is 0 Å². The van der Waals surface area contributed by atoms with Crippen molar-refractivity contribution in [3.63, 3.8) is 0 Å². The van der Waals surface area contributed by atoms with Crippen LogP contribution in [0, 0.1) is 0 Å². The topological polar surface area (TPSA) is 111 Å². The van der Waals surface area contributed by atoms with E-state index in [0.717, 1.165) is 4.90 Å². The van der Waals surface area contributed by atoms with Crippen LogP contribution in [-0.4, -0.2) is 30.1 Å². The van der Waals surface area contributed by atoms with Gasteiger partial charge in [0.05, 0.1) is 12.4 Å². The van der Waals surface area contributed by atoms with E-state index in [1.54, 1.807) is 61.7 Å². The molecule has 0 aromatic heterocycles. The van der Waals surface area contributed by atoms with Gasteiger partial charge >= 0.3 is 0 Å². The summed E-state index contributed by atoms with van der Waals surface area (Å²) in [6, 6.07) is 20.6. The highest BCUT2D eigenvalue weighted by Crippen LogP contribution is 2.29. The number of rotatable bonds is 9. The fourth-order valence-corrected chi connectivity index (χ4v) is 4.03. The van der Waals surface area contributed by atoms with Gasteiger partial charge in [-0.05, 0) is 73.2 Å². The fourth-order valence-electron chi connectivity index (χ4n) is 3.02. The Hall–Kier alpha value is -3.78. The van der Waals surface area contributed by atoms with Crippen LogP contribution in [0.5, 0.6) is 5.75 Å². The van der Waals surface area contributed by atoms with Crippen molar-refractivity contribution in [1.29, 1.82) is 0 Å². The standard InChI is InChI=1S/C25H25N3O4S/c1-3-22(25(31)27-18-11-7-16(8-12-18)23(26)29)33-21-6-4-5-19(15-21)28-24(30)17-9-13-20(32-2)14-10-17/h4-15,22H,3H2,1-2H3,(H2,26,29)(H,27,31)(H,28,30). The summed E-state index contributed by atoms with van der Waals surface area (Å²) in [5.74, 6) is -0.225. The lowest BCUT2D eigenvalue weighted by Crippen LogP contribution is -2.24. The first kappa shape index (κ1) is 23.9. The van der Waals surface area contributed by atoms with Crippen LogP contribution in [0.3, 0.4) is 0 Å².